The number of amides is 1. The first-order valence-electron chi connectivity index (χ1n) is 7.47. The smallest absolute Gasteiger partial charge is 0.261 e. The maximum atomic E-state index is 13.6. The minimum atomic E-state index is -0.885. The van der Waals surface area contributed by atoms with Gasteiger partial charge in [-0.25, -0.2) is 8.78 Å². The van der Waals surface area contributed by atoms with Crippen LogP contribution in [0.1, 0.15) is 15.9 Å². The third-order valence-electron chi connectivity index (χ3n) is 3.79. The van der Waals surface area contributed by atoms with Gasteiger partial charge in [0.1, 0.15) is 17.2 Å². The van der Waals surface area contributed by atoms with Gasteiger partial charge in [0, 0.05) is 5.69 Å². The molecule has 4 heteroatoms. The molecule has 0 saturated carbocycles. The SMILES string of the molecule is Cc1ccccc1-c1ccc(NC(=O)c2c(F)cccc2F)cc1. The van der Waals surface area contributed by atoms with Crippen molar-refractivity contribution in [1.29, 1.82) is 0 Å². The Morgan fingerprint density at radius 3 is 2.08 bits per heavy atom. The van der Waals surface area contributed by atoms with Gasteiger partial charge in [0.15, 0.2) is 0 Å². The van der Waals surface area contributed by atoms with Crippen LogP contribution in [0.15, 0.2) is 66.7 Å². The van der Waals surface area contributed by atoms with Gasteiger partial charge in [-0.05, 0) is 47.9 Å². The monoisotopic (exact) mass is 323 g/mol. The van der Waals surface area contributed by atoms with E-state index in [1.165, 1.54) is 6.07 Å². The molecule has 0 radical (unpaired) electrons. The van der Waals surface area contributed by atoms with Crippen LogP contribution in [0.5, 0.6) is 0 Å². The number of anilines is 1. The molecule has 0 atom stereocenters. The largest absolute Gasteiger partial charge is 0.322 e. The van der Waals surface area contributed by atoms with Gasteiger partial charge >= 0.3 is 0 Å². The number of benzene rings is 3. The highest BCUT2D eigenvalue weighted by molar-refractivity contribution is 6.04. The maximum Gasteiger partial charge on any atom is 0.261 e. The van der Waals surface area contributed by atoms with E-state index >= 15 is 0 Å². The van der Waals surface area contributed by atoms with Crippen LogP contribution in [0.25, 0.3) is 11.1 Å². The first-order valence-corrected chi connectivity index (χ1v) is 7.47. The second-order valence-electron chi connectivity index (χ2n) is 5.44. The summed E-state index contributed by atoms with van der Waals surface area (Å²) in [5.74, 6) is -2.58. The van der Waals surface area contributed by atoms with E-state index in [9.17, 15) is 13.6 Å². The predicted molar refractivity (Wildman–Crippen MR) is 90.9 cm³/mol. The van der Waals surface area contributed by atoms with E-state index in [4.69, 9.17) is 0 Å². The van der Waals surface area contributed by atoms with E-state index in [1.54, 1.807) is 12.1 Å². The molecule has 24 heavy (non-hydrogen) atoms. The van der Waals surface area contributed by atoms with Gasteiger partial charge in [-0.3, -0.25) is 4.79 Å². The molecule has 3 aromatic carbocycles. The topological polar surface area (TPSA) is 29.1 Å². The number of halogens is 2. The van der Waals surface area contributed by atoms with Gasteiger partial charge in [-0.1, -0.05) is 42.5 Å². The Labute approximate surface area is 138 Å². The Morgan fingerprint density at radius 2 is 1.46 bits per heavy atom. The first-order chi connectivity index (χ1) is 11.6. The molecule has 0 spiro atoms. The standard InChI is InChI=1S/C20H15F2NO/c1-13-5-2-3-6-16(13)14-9-11-15(12-10-14)23-20(24)19-17(21)7-4-8-18(19)22/h2-12H,1H3,(H,23,24). The Kier molecular flexibility index (Phi) is 4.38. The number of nitrogens with one attached hydrogen (secondary N) is 1. The molecule has 0 bridgehead atoms. The lowest BCUT2D eigenvalue weighted by atomic mass is 10.0. The van der Waals surface area contributed by atoms with Gasteiger partial charge in [-0.15, -0.1) is 0 Å². The summed E-state index contributed by atoms with van der Waals surface area (Å²) in [6.45, 7) is 2.02. The van der Waals surface area contributed by atoms with Gasteiger partial charge < -0.3 is 5.32 Å². The van der Waals surface area contributed by atoms with Crippen molar-refractivity contribution in [3.8, 4) is 11.1 Å². The summed E-state index contributed by atoms with van der Waals surface area (Å²) in [6.07, 6.45) is 0. The van der Waals surface area contributed by atoms with Crippen LogP contribution in [-0.2, 0) is 0 Å². The molecule has 1 N–H and O–H groups in total. The summed E-state index contributed by atoms with van der Waals surface area (Å²) in [5, 5.41) is 2.51. The van der Waals surface area contributed by atoms with E-state index < -0.39 is 23.1 Å². The summed E-state index contributed by atoms with van der Waals surface area (Å²) in [5.41, 5.74) is 3.13. The Bertz CT molecular complexity index is 868. The summed E-state index contributed by atoms with van der Waals surface area (Å²) >= 11 is 0. The fraction of sp³-hybridized carbons (Fsp3) is 0.0500. The van der Waals surface area contributed by atoms with E-state index in [1.807, 2.05) is 43.3 Å². The summed E-state index contributed by atoms with van der Waals surface area (Å²) in [4.78, 5) is 12.1. The predicted octanol–water partition coefficient (Wildman–Crippen LogP) is 5.19. The van der Waals surface area contributed by atoms with Gasteiger partial charge in [-0.2, -0.15) is 0 Å². The molecule has 0 aliphatic rings. The van der Waals surface area contributed by atoms with Crippen LogP contribution in [0.3, 0.4) is 0 Å². The summed E-state index contributed by atoms with van der Waals surface area (Å²) in [7, 11) is 0. The average molecular weight is 323 g/mol. The number of rotatable bonds is 3. The number of carbonyl (C=O) groups is 1. The second-order valence-corrected chi connectivity index (χ2v) is 5.44. The molecule has 120 valence electrons. The lowest BCUT2D eigenvalue weighted by Crippen LogP contribution is -2.15. The third-order valence-corrected chi connectivity index (χ3v) is 3.79. The Balaban J connectivity index is 1.82. The molecule has 0 aliphatic carbocycles. The van der Waals surface area contributed by atoms with E-state index in [2.05, 4.69) is 5.32 Å². The van der Waals surface area contributed by atoms with Crippen molar-refractivity contribution in [3.63, 3.8) is 0 Å². The normalized spacial score (nSPS) is 10.5. The molecule has 0 unspecified atom stereocenters. The summed E-state index contributed by atoms with van der Waals surface area (Å²) < 4.78 is 27.3. The summed E-state index contributed by atoms with van der Waals surface area (Å²) in [6, 6.07) is 18.4. The van der Waals surface area contributed by atoms with Crippen LogP contribution in [0, 0.1) is 18.6 Å². The van der Waals surface area contributed by atoms with E-state index in [0.29, 0.717) is 5.69 Å². The van der Waals surface area contributed by atoms with Crippen molar-refractivity contribution in [3.05, 3.63) is 89.5 Å². The molecule has 0 fully saturated rings. The zero-order valence-electron chi connectivity index (χ0n) is 13.0. The lowest BCUT2D eigenvalue weighted by molar-refractivity contribution is 0.101. The molecular formula is C20H15F2NO. The minimum Gasteiger partial charge on any atom is -0.322 e. The number of aryl methyl sites for hydroxylation is 1. The van der Waals surface area contributed by atoms with E-state index in [-0.39, 0.29) is 0 Å². The molecule has 2 nitrogen and oxygen atoms in total. The highest BCUT2D eigenvalue weighted by atomic mass is 19.1. The van der Waals surface area contributed by atoms with Crippen molar-refractivity contribution in [2.24, 2.45) is 0 Å². The zero-order chi connectivity index (χ0) is 17.1. The van der Waals surface area contributed by atoms with Crippen molar-refractivity contribution in [1.82, 2.24) is 0 Å². The second kappa shape index (κ2) is 6.62. The lowest BCUT2D eigenvalue weighted by Gasteiger charge is -2.09. The maximum absolute atomic E-state index is 13.6. The minimum absolute atomic E-state index is 0.472. The number of carbonyl (C=O) groups excluding carboxylic acids is 1. The number of hydrogen-bond acceptors (Lipinski definition) is 1. The first kappa shape index (κ1) is 15.9. The fourth-order valence-corrected chi connectivity index (χ4v) is 2.54. The molecule has 0 saturated heterocycles. The van der Waals surface area contributed by atoms with Crippen LogP contribution < -0.4 is 5.32 Å². The Hall–Kier alpha value is -3.01. The highest BCUT2D eigenvalue weighted by Crippen LogP contribution is 2.25. The van der Waals surface area contributed by atoms with Crippen LogP contribution in [0.4, 0.5) is 14.5 Å². The van der Waals surface area contributed by atoms with E-state index in [0.717, 1.165) is 28.8 Å². The van der Waals surface area contributed by atoms with Gasteiger partial charge in [0.05, 0.1) is 0 Å². The Morgan fingerprint density at radius 1 is 0.833 bits per heavy atom. The molecule has 0 heterocycles. The molecule has 3 aromatic rings. The zero-order valence-corrected chi connectivity index (χ0v) is 13.0. The third kappa shape index (κ3) is 3.18. The van der Waals surface area contributed by atoms with Crippen LogP contribution in [0.2, 0.25) is 0 Å². The number of hydrogen-bond donors (Lipinski definition) is 1. The molecule has 0 aliphatic heterocycles. The van der Waals surface area contributed by atoms with Gasteiger partial charge in [0.2, 0.25) is 0 Å². The van der Waals surface area contributed by atoms with Crippen molar-refractivity contribution >= 4 is 11.6 Å². The molecule has 3 rings (SSSR count). The van der Waals surface area contributed by atoms with Crippen molar-refractivity contribution < 1.29 is 13.6 Å². The molecular weight excluding hydrogens is 308 g/mol. The van der Waals surface area contributed by atoms with Gasteiger partial charge in [0.25, 0.3) is 5.91 Å². The quantitative estimate of drug-likeness (QED) is 0.706. The van der Waals surface area contributed by atoms with Crippen molar-refractivity contribution in [2.75, 3.05) is 5.32 Å². The molecule has 1 amide bonds. The van der Waals surface area contributed by atoms with Crippen LogP contribution >= 0.6 is 0 Å². The average Bonchev–Trinajstić information content (AvgIpc) is 2.56. The molecule has 0 aromatic heterocycles. The van der Waals surface area contributed by atoms with Crippen LogP contribution in [-0.4, -0.2) is 5.91 Å². The fourth-order valence-electron chi connectivity index (χ4n) is 2.54. The van der Waals surface area contributed by atoms with Crippen molar-refractivity contribution in [2.45, 2.75) is 6.92 Å². The highest BCUT2D eigenvalue weighted by Gasteiger charge is 2.17.